The summed E-state index contributed by atoms with van der Waals surface area (Å²) < 4.78 is 5.73. The van der Waals surface area contributed by atoms with E-state index in [9.17, 15) is 0 Å². The van der Waals surface area contributed by atoms with Gasteiger partial charge in [-0.3, -0.25) is 0 Å². The molecule has 2 heterocycles. The number of hydrogen-bond donors (Lipinski definition) is 2. The number of nitrogen functional groups attached to an aromatic ring is 1. The van der Waals surface area contributed by atoms with E-state index < -0.39 is 0 Å². The van der Waals surface area contributed by atoms with Crippen molar-refractivity contribution in [1.82, 2.24) is 19.9 Å². The zero-order valence-corrected chi connectivity index (χ0v) is 10.0. The van der Waals surface area contributed by atoms with Crippen LogP contribution in [0.3, 0.4) is 0 Å². The van der Waals surface area contributed by atoms with E-state index in [4.69, 9.17) is 10.5 Å². The summed E-state index contributed by atoms with van der Waals surface area (Å²) in [4.78, 5) is 15.1. The molecule has 1 aliphatic carbocycles. The summed E-state index contributed by atoms with van der Waals surface area (Å²) in [6.45, 7) is 0.560. The van der Waals surface area contributed by atoms with Crippen LogP contribution in [-0.2, 0) is 0 Å². The molecule has 0 saturated carbocycles. The molecule has 0 radical (unpaired) electrons. The number of allylic oxidation sites excluding steroid dienone is 1. The summed E-state index contributed by atoms with van der Waals surface area (Å²) in [7, 11) is 0. The van der Waals surface area contributed by atoms with Crippen molar-refractivity contribution >= 4 is 17.1 Å². The number of nitrogens with zero attached hydrogens (tertiary/aromatic N) is 3. The van der Waals surface area contributed by atoms with E-state index in [1.165, 1.54) is 18.4 Å². The van der Waals surface area contributed by atoms with Gasteiger partial charge in [0.05, 0.1) is 6.33 Å². The normalized spacial score (nSPS) is 15.7. The van der Waals surface area contributed by atoms with Crippen molar-refractivity contribution in [3.8, 4) is 5.88 Å². The summed E-state index contributed by atoms with van der Waals surface area (Å²) in [5.41, 5.74) is 8.18. The van der Waals surface area contributed by atoms with Gasteiger partial charge in [-0.15, -0.1) is 0 Å². The number of fused-ring (bicyclic) bond motifs is 1. The van der Waals surface area contributed by atoms with Crippen molar-refractivity contribution in [2.45, 2.75) is 25.7 Å². The number of anilines is 1. The van der Waals surface area contributed by atoms with E-state index >= 15 is 0 Å². The molecule has 0 aromatic carbocycles. The summed E-state index contributed by atoms with van der Waals surface area (Å²) in [6.07, 6.45) is 8.57. The van der Waals surface area contributed by atoms with E-state index in [0.717, 1.165) is 12.8 Å². The van der Waals surface area contributed by atoms with Crippen molar-refractivity contribution in [2.75, 3.05) is 12.3 Å². The first-order valence-corrected chi connectivity index (χ1v) is 6.10. The highest BCUT2D eigenvalue weighted by molar-refractivity contribution is 5.76. The lowest BCUT2D eigenvalue weighted by Gasteiger charge is -2.13. The van der Waals surface area contributed by atoms with Crippen LogP contribution in [0.4, 0.5) is 5.95 Å². The minimum atomic E-state index is 0.183. The van der Waals surface area contributed by atoms with Gasteiger partial charge in [0.25, 0.3) is 0 Å². The Labute approximate surface area is 104 Å². The predicted octanol–water partition coefficient (Wildman–Crippen LogP) is 1.81. The number of hydrogen-bond acceptors (Lipinski definition) is 5. The van der Waals surface area contributed by atoms with E-state index in [0.29, 0.717) is 23.7 Å². The molecule has 0 amide bonds. The Bertz CT molecular complexity index is 589. The molecule has 94 valence electrons. The molecule has 18 heavy (non-hydrogen) atoms. The Morgan fingerprint density at radius 3 is 3.11 bits per heavy atom. The van der Waals surface area contributed by atoms with Crippen LogP contribution in [0.2, 0.25) is 0 Å². The van der Waals surface area contributed by atoms with Gasteiger partial charge in [0.1, 0.15) is 12.1 Å². The lowest BCUT2D eigenvalue weighted by Crippen LogP contribution is -2.07. The second-order valence-corrected chi connectivity index (χ2v) is 4.38. The molecular formula is C12H15N5O. The minimum Gasteiger partial charge on any atom is -0.471 e. The third-order valence-corrected chi connectivity index (χ3v) is 3.05. The van der Waals surface area contributed by atoms with Crippen LogP contribution in [0.1, 0.15) is 25.7 Å². The lowest BCUT2D eigenvalue weighted by atomic mass is 10.0. The van der Waals surface area contributed by atoms with Crippen molar-refractivity contribution < 1.29 is 4.74 Å². The van der Waals surface area contributed by atoms with Gasteiger partial charge in [0.2, 0.25) is 11.8 Å². The molecular weight excluding hydrogens is 230 g/mol. The maximum atomic E-state index is 5.73. The van der Waals surface area contributed by atoms with Crippen LogP contribution in [-0.4, -0.2) is 26.5 Å². The molecule has 2 aromatic rings. The molecule has 2 aromatic heterocycles. The van der Waals surface area contributed by atoms with Gasteiger partial charge < -0.3 is 15.5 Å². The van der Waals surface area contributed by atoms with Crippen molar-refractivity contribution in [3.05, 3.63) is 18.0 Å². The molecule has 6 heteroatoms. The Kier molecular flexibility index (Phi) is 2.84. The number of nitrogens with one attached hydrogen (secondary N) is 1. The predicted molar refractivity (Wildman–Crippen MR) is 68.1 cm³/mol. The van der Waals surface area contributed by atoms with Gasteiger partial charge in [0, 0.05) is 0 Å². The Morgan fingerprint density at radius 2 is 2.28 bits per heavy atom. The topological polar surface area (TPSA) is 89.7 Å². The maximum Gasteiger partial charge on any atom is 0.245 e. The second kappa shape index (κ2) is 4.64. The lowest BCUT2D eigenvalue weighted by molar-refractivity contribution is 0.334. The van der Waals surface area contributed by atoms with Gasteiger partial charge >= 0.3 is 0 Å². The molecule has 6 nitrogen and oxygen atoms in total. The summed E-state index contributed by atoms with van der Waals surface area (Å²) in [5, 5.41) is 0. The van der Waals surface area contributed by atoms with Crippen molar-refractivity contribution in [2.24, 2.45) is 0 Å². The number of aromatic nitrogens is 4. The van der Waals surface area contributed by atoms with Crippen LogP contribution >= 0.6 is 0 Å². The van der Waals surface area contributed by atoms with Gasteiger partial charge in [-0.2, -0.15) is 9.97 Å². The third-order valence-electron chi connectivity index (χ3n) is 3.05. The highest BCUT2D eigenvalue weighted by Gasteiger charge is 2.11. The van der Waals surface area contributed by atoms with E-state index in [2.05, 4.69) is 26.0 Å². The summed E-state index contributed by atoms with van der Waals surface area (Å²) in [5.74, 6) is 0.656. The Morgan fingerprint density at radius 1 is 1.33 bits per heavy atom. The second-order valence-electron chi connectivity index (χ2n) is 4.38. The smallest absolute Gasteiger partial charge is 0.245 e. The molecule has 1 aliphatic rings. The largest absolute Gasteiger partial charge is 0.471 e. The zero-order chi connectivity index (χ0) is 12.4. The molecule has 0 aliphatic heterocycles. The van der Waals surface area contributed by atoms with Gasteiger partial charge in [-0.25, -0.2) is 4.98 Å². The molecule has 0 bridgehead atoms. The summed E-state index contributed by atoms with van der Waals surface area (Å²) in [6, 6.07) is 0. The molecule has 0 fully saturated rings. The first-order chi connectivity index (χ1) is 8.83. The molecule has 0 spiro atoms. The maximum absolute atomic E-state index is 5.73. The summed E-state index contributed by atoms with van der Waals surface area (Å²) >= 11 is 0. The number of imidazole rings is 1. The zero-order valence-electron chi connectivity index (χ0n) is 10.0. The van der Waals surface area contributed by atoms with Crippen molar-refractivity contribution in [3.63, 3.8) is 0 Å². The average Bonchev–Trinajstić information content (AvgIpc) is 2.85. The Hall–Kier alpha value is -2.11. The Balaban J connectivity index is 1.81. The van der Waals surface area contributed by atoms with Gasteiger partial charge in [-0.05, 0) is 31.3 Å². The van der Waals surface area contributed by atoms with E-state index in [1.807, 2.05) is 0 Å². The molecule has 3 N–H and O–H groups in total. The minimum absolute atomic E-state index is 0.183. The van der Waals surface area contributed by atoms with E-state index in [1.54, 1.807) is 6.33 Å². The van der Waals surface area contributed by atoms with Gasteiger partial charge in [0.15, 0.2) is 5.65 Å². The van der Waals surface area contributed by atoms with Gasteiger partial charge in [-0.1, -0.05) is 6.08 Å². The SMILES string of the molecule is Nc1nc(OCC2=CCCCC2)c2[nH]cnc2n1. The standard InChI is InChI=1S/C12H15N5O/c13-12-16-10-9(14-7-15-10)11(17-12)18-6-8-4-2-1-3-5-8/h4,7H,1-3,5-6H2,(H3,13,14,15,16,17). The number of ether oxygens (including phenoxy) is 1. The van der Waals surface area contributed by atoms with Crippen LogP contribution in [0.25, 0.3) is 11.2 Å². The third kappa shape index (κ3) is 2.13. The number of aromatic amines is 1. The highest BCUT2D eigenvalue weighted by Crippen LogP contribution is 2.22. The number of nitrogens with two attached hydrogens (primary N) is 1. The number of rotatable bonds is 3. The molecule has 0 atom stereocenters. The monoisotopic (exact) mass is 245 g/mol. The molecule has 3 rings (SSSR count). The quantitative estimate of drug-likeness (QED) is 0.805. The average molecular weight is 245 g/mol. The fourth-order valence-corrected chi connectivity index (χ4v) is 2.12. The van der Waals surface area contributed by atoms with Crippen LogP contribution in [0, 0.1) is 0 Å². The fourth-order valence-electron chi connectivity index (χ4n) is 2.12. The first-order valence-electron chi connectivity index (χ1n) is 6.10. The highest BCUT2D eigenvalue weighted by atomic mass is 16.5. The molecule has 0 unspecified atom stereocenters. The van der Waals surface area contributed by atoms with Crippen LogP contribution < -0.4 is 10.5 Å². The number of H-pyrrole nitrogens is 1. The van der Waals surface area contributed by atoms with Crippen LogP contribution in [0.5, 0.6) is 5.88 Å². The van der Waals surface area contributed by atoms with E-state index in [-0.39, 0.29) is 5.95 Å². The van der Waals surface area contributed by atoms with Crippen molar-refractivity contribution in [1.29, 1.82) is 0 Å². The molecule has 0 saturated heterocycles. The fraction of sp³-hybridized carbons (Fsp3) is 0.417. The van der Waals surface area contributed by atoms with Crippen LogP contribution in [0.15, 0.2) is 18.0 Å². The first kappa shape index (κ1) is 11.0.